The summed E-state index contributed by atoms with van der Waals surface area (Å²) >= 11 is 1.57. The highest BCUT2D eigenvalue weighted by atomic mass is 32.2. The highest BCUT2D eigenvalue weighted by molar-refractivity contribution is 8.13. The Morgan fingerprint density at radius 3 is 2.77 bits per heavy atom. The number of nitrogens with zero attached hydrogens (tertiary/aromatic N) is 3. The number of carbonyl (C=O) groups is 2. The van der Waals surface area contributed by atoms with Gasteiger partial charge in [-0.15, -0.1) is 0 Å². The summed E-state index contributed by atoms with van der Waals surface area (Å²) in [5, 5.41) is 3.23. The average molecular weight is 328 g/mol. The number of thioether (sulfide) groups is 1. The van der Waals surface area contributed by atoms with Crippen LogP contribution in [-0.4, -0.2) is 72.2 Å². The second-order valence-electron chi connectivity index (χ2n) is 5.89. The topological polar surface area (TPSA) is 74.2 Å². The maximum absolute atomic E-state index is 12.3. The van der Waals surface area contributed by atoms with Crippen molar-refractivity contribution in [3.8, 4) is 0 Å². The highest BCUT2D eigenvalue weighted by Crippen LogP contribution is 2.28. The fourth-order valence-corrected chi connectivity index (χ4v) is 3.46. The van der Waals surface area contributed by atoms with Gasteiger partial charge in [-0.25, -0.2) is 9.79 Å². The Hall–Kier alpha value is -1.28. The van der Waals surface area contributed by atoms with Crippen molar-refractivity contribution in [3.63, 3.8) is 0 Å². The van der Waals surface area contributed by atoms with E-state index in [2.05, 4.69) is 24.2 Å². The molecule has 8 heteroatoms. The van der Waals surface area contributed by atoms with Crippen LogP contribution in [0.2, 0.25) is 0 Å². The number of hydrogen-bond donors (Lipinski definition) is 1. The Kier molecular flexibility index (Phi) is 5.69. The number of carbonyl (C=O) groups excluding carboxylic acids is 2. The van der Waals surface area contributed by atoms with Gasteiger partial charge in [0.05, 0.1) is 6.61 Å². The van der Waals surface area contributed by atoms with E-state index in [1.807, 2.05) is 4.90 Å². The first-order chi connectivity index (χ1) is 10.5. The maximum atomic E-state index is 12.3. The van der Waals surface area contributed by atoms with E-state index in [1.165, 1.54) is 4.90 Å². The first kappa shape index (κ1) is 17.1. The molecule has 2 heterocycles. The van der Waals surface area contributed by atoms with Crippen molar-refractivity contribution in [2.24, 2.45) is 10.9 Å². The smallest absolute Gasteiger partial charge is 0.325 e. The molecule has 0 saturated carbocycles. The molecule has 2 aliphatic heterocycles. The SMILES string of the molecule is COCCSC1=NC2C(C(=O)NC(=O)N2C)N1CCC(C)C. The molecular weight excluding hydrogens is 304 g/mol. The summed E-state index contributed by atoms with van der Waals surface area (Å²) < 4.78 is 5.07. The van der Waals surface area contributed by atoms with Crippen molar-refractivity contribution in [1.82, 2.24) is 15.1 Å². The van der Waals surface area contributed by atoms with Crippen molar-refractivity contribution in [1.29, 1.82) is 0 Å². The number of urea groups is 1. The molecule has 0 aliphatic carbocycles. The lowest BCUT2D eigenvalue weighted by Gasteiger charge is -2.36. The van der Waals surface area contributed by atoms with Crippen LogP contribution in [0.3, 0.4) is 0 Å². The number of amides is 3. The Bertz CT molecular complexity index is 469. The van der Waals surface area contributed by atoms with Gasteiger partial charge in [-0.3, -0.25) is 10.1 Å². The molecule has 0 bridgehead atoms. The third kappa shape index (κ3) is 3.55. The van der Waals surface area contributed by atoms with Gasteiger partial charge in [-0.2, -0.15) is 0 Å². The summed E-state index contributed by atoms with van der Waals surface area (Å²) in [7, 11) is 3.33. The van der Waals surface area contributed by atoms with Crippen LogP contribution in [0.4, 0.5) is 4.79 Å². The summed E-state index contributed by atoms with van der Waals surface area (Å²) in [6.07, 6.45) is 0.538. The van der Waals surface area contributed by atoms with E-state index >= 15 is 0 Å². The predicted molar refractivity (Wildman–Crippen MR) is 86.8 cm³/mol. The summed E-state index contributed by atoms with van der Waals surface area (Å²) in [5.41, 5.74) is 0. The van der Waals surface area contributed by atoms with Gasteiger partial charge in [-0.05, 0) is 12.3 Å². The Morgan fingerprint density at radius 1 is 1.41 bits per heavy atom. The normalized spacial score (nSPS) is 24.7. The van der Waals surface area contributed by atoms with Crippen molar-refractivity contribution >= 4 is 28.9 Å². The molecule has 2 rings (SSSR count). The van der Waals surface area contributed by atoms with Crippen LogP contribution < -0.4 is 5.32 Å². The van der Waals surface area contributed by atoms with E-state index in [9.17, 15) is 9.59 Å². The summed E-state index contributed by atoms with van der Waals surface area (Å²) in [6.45, 7) is 5.68. The van der Waals surface area contributed by atoms with E-state index in [0.717, 1.165) is 23.9 Å². The van der Waals surface area contributed by atoms with Gasteiger partial charge in [0, 0.05) is 26.5 Å². The molecule has 22 heavy (non-hydrogen) atoms. The summed E-state index contributed by atoms with van der Waals surface area (Å²) in [6, 6.07) is -0.812. The molecule has 3 amide bonds. The van der Waals surface area contributed by atoms with E-state index < -0.39 is 12.2 Å². The predicted octanol–water partition coefficient (Wildman–Crippen LogP) is 0.960. The van der Waals surface area contributed by atoms with Gasteiger partial charge in [0.15, 0.2) is 17.4 Å². The summed E-state index contributed by atoms with van der Waals surface area (Å²) in [4.78, 5) is 32.2. The van der Waals surface area contributed by atoms with E-state index in [1.54, 1.807) is 25.9 Å². The third-order valence-corrected chi connectivity index (χ3v) is 4.76. The van der Waals surface area contributed by atoms with Crippen molar-refractivity contribution in [3.05, 3.63) is 0 Å². The van der Waals surface area contributed by atoms with Gasteiger partial charge < -0.3 is 14.5 Å². The Morgan fingerprint density at radius 2 is 2.14 bits per heavy atom. The fourth-order valence-electron chi connectivity index (χ4n) is 2.47. The standard InChI is InChI=1S/C14H24N4O3S/c1-9(2)5-6-18-10-11(15-14(18)22-8-7-21-4)17(3)13(20)16-12(10)19/h9-11H,5-8H2,1-4H3,(H,16,19,20). The number of fused-ring (bicyclic) bond motifs is 1. The Labute approximate surface area is 135 Å². The lowest BCUT2D eigenvalue weighted by Crippen LogP contribution is -2.63. The average Bonchev–Trinajstić information content (AvgIpc) is 2.82. The first-order valence-corrected chi connectivity index (χ1v) is 8.48. The largest absolute Gasteiger partial charge is 0.384 e. The summed E-state index contributed by atoms with van der Waals surface area (Å²) in [5.74, 6) is 1.05. The zero-order chi connectivity index (χ0) is 16.3. The molecule has 0 aromatic carbocycles. The zero-order valence-corrected chi connectivity index (χ0v) is 14.4. The van der Waals surface area contributed by atoms with Crippen LogP contribution in [-0.2, 0) is 9.53 Å². The van der Waals surface area contributed by atoms with E-state index in [-0.39, 0.29) is 11.9 Å². The molecule has 0 spiro atoms. The van der Waals surface area contributed by atoms with Gasteiger partial charge in [0.2, 0.25) is 0 Å². The van der Waals surface area contributed by atoms with E-state index in [4.69, 9.17) is 4.74 Å². The minimum absolute atomic E-state index is 0.261. The minimum atomic E-state index is -0.432. The van der Waals surface area contributed by atoms with Crippen molar-refractivity contribution in [2.45, 2.75) is 32.5 Å². The van der Waals surface area contributed by atoms with Crippen LogP contribution in [0.1, 0.15) is 20.3 Å². The van der Waals surface area contributed by atoms with Gasteiger partial charge in [-0.1, -0.05) is 25.6 Å². The Balaban J connectivity index is 2.16. The van der Waals surface area contributed by atoms with Crippen LogP contribution in [0.5, 0.6) is 0 Å². The molecule has 1 saturated heterocycles. The fraction of sp³-hybridized carbons (Fsp3) is 0.786. The number of likely N-dealkylation sites (N-methyl/N-ethyl adjacent to an activating group) is 1. The van der Waals surface area contributed by atoms with Crippen LogP contribution >= 0.6 is 11.8 Å². The van der Waals surface area contributed by atoms with Gasteiger partial charge >= 0.3 is 6.03 Å². The third-order valence-electron chi connectivity index (χ3n) is 3.79. The van der Waals surface area contributed by atoms with Crippen molar-refractivity contribution in [2.75, 3.05) is 33.1 Å². The minimum Gasteiger partial charge on any atom is -0.384 e. The monoisotopic (exact) mass is 328 g/mol. The molecule has 1 N–H and O–H groups in total. The quantitative estimate of drug-likeness (QED) is 0.735. The molecule has 0 aromatic rings. The number of rotatable bonds is 6. The molecule has 0 aromatic heterocycles. The van der Waals surface area contributed by atoms with E-state index in [0.29, 0.717) is 12.5 Å². The number of amidine groups is 1. The van der Waals surface area contributed by atoms with Crippen LogP contribution in [0, 0.1) is 5.92 Å². The lowest BCUT2D eigenvalue weighted by atomic mass is 10.1. The van der Waals surface area contributed by atoms with Crippen molar-refractivity contribution < 1.29 is 14.3 Å². The number of hydrogen-bond acceptors (Lipinski definition) is 6. The first-order valence-electron chi connectivity index (χ1n) is 7.49. The molecule has 7 nitrogen and oxygen atoms in total. The number of nitrogens with one attached hydrogen (secondary N) is 1. The zero-order valence-electron chi connectivity index (χ0n) is 13.5. The number of ether oxygens (including phenoxy) is 1. The van der Waals surface area contributed by atoms with Gasteiger partial charge in [0.1, 0.15) is 0 Å². The molecule has 2 atom stereocenters. The highest BCUT2D eigenvalue weighted by Gasteiger charge is 2.48. The number of imide groups is 1. The maximum Gasteiger partial charge on any atom is 0.325 e. The second kappa shape index (κ2) is 7.32. The molecule has 0 radical (unpaired) electrons. The second-order valence-corrected chi connectivity index (χ2v) is 6.95. The van der Waals surface area contributed by atoms with Crippen LogP contribution in [0.15, 0.2) is 4.99 Å². The molecule has 1 fully saturated rings. The number of aliphatic imine (C=N–C) groups is 1. The van der Waals surface area contributed by atoms with Gasteiger partial charge in [0.25, 0.3) is 5.91 Å². The van der Waals surface area contributed by atoms with Crippen LogP contribution in [0.25, 0.3) is 0 Å². The molecular formula is C14H24N4O3S. The molecule has 2 aliphatic rings. The number of methoxy groups -OCH3 is 1. The molecule has 124 valence electrons. The molecule has 2 unspecified atom stereocenters. The lowest BCUT2D eigenvalue weighted by molar-refractivity contribution is -0.127.